The van der Waals surface area contributed by atoms with Crippen LogP contribution in [0.2, 0.25) is 5.02 Å². The minimum Gasteiger partial charge on any atom is -0.467 e. The van der Waals surface area contributed by atoms with Crippen molar-refractivity contribution in [1.82, 2.24) is 9.97 Å². The van der Waals surface area contributed by atoms with Gasteiger partial charge in [0.1, 0.15) is 5.02 Å². The molecular formula is C11H16ClN3O2. The zero-order chi connectivity index (χ0) is 12.1. The number of anilines is 1. The third-order valence-electron chi connectivity index (χ3n) is 2.49. The van der Waals surface area contributed by atoms with E-state index in [9.17, 15) is 0 Å². The number of ether oxygens (including phenoxy) is 2. The molecule has 1 heterocycles. The van der Waals surface area contributed by atoms with Gasteiger partial charge in [0.2, 0.25) is 0 Å². The number of halogens is 1. The average molecular weight is 258 g/mol. The van der Waals surface area contributed by atoms with Gasteiger partial charge in [-0.1, -0.05) is 11.6 Å². The van der Waals surface area contributed by atoms with Gasteiger partial charge < -0.3 is 14.8 Å². The molecule has 0 amide bonds. The van der Waals surface area contributed by atoms with Crippen LogP contribution in [-0.4, -0.2) is 36.8 Å². The Morgan fingerprint density at radius 2 is 2.35 bits per heavy atom. The Bertz CT molecular complexity index is 372. The van der Waals surface area contributed by atoms with E-state index in [0.29, 0.717) is 30.0 Å². The number of nitrogens with one attached hydrogen (secondary N) is 1. The van der Waals surface area contributed by atoms with Gasteiger partial charge in [-0.3, -0.25) is 0 Å². The fraction of sp³-hybridized carbons (Fsp3) is 0.636. The van der Waals surface area contributed by atoms with E-state index in [4.69, 9.17) is 21.1 Å². The minimum absolute atomic E-state index is 0.302. The first-order chi connectivity index (χ1) is 8.29. The maximum absolute atomic E-state index is 5.94. The summed E-state index contributed by atoms with van der Waals surface area (Å²) < 4.78 is 10.4. The van der Waals surface area contributed by atoms with Gasteiger partial charge in [0, 0.05) is 13.2 Å². The van der Waals surface area contributed by atoms with Crippen molar-refractivity contribution in [2.24, 2.45) is 5.92 Å². The highest BCUT2D eigenvalue weighted by Gasteiger charge is 2.20. The molecule has 1 N–H and O–H groups in total. The van der Waals surface area contributed by atoms with E-state index in [1.165, 1.54) is 26.1 Å². The summed E-state index contributed by atoms with van der Waals surface area (Å²) in [5.41, 5.74) is 0. The van der Waals surface area contributed by atoms with Crippen LogP contribution in [0.25, 0.3) is 0 Å². The molecule has 1 saturated carbocycles. The zero-order valence-corrected chi connectivity index (χ0v) is 10.5. The largest absolute Gasteiger partial charge is 0.467 e. The van der Waals surface area contributed by atoms with Crippen molar-refractivity contribution in [3.8, 4) is 6.01 Å². The van der Waals surface area contributed by atoms with Crippen LogP contribution < -0.4 is 10.1 Å². The summed E-state index contributed by atoms with van der Waals surface area (Å²) in [6.07, 6.45) is 4.13. The van der Waals surface area contributed by atoms with Crippen LogP contribution in [-0.2, 0) is 4.74 Å². The van der Waals surface area contributed by atoms with Gasteiger partial charge in [-0.05, 0) is 18.8 Å². The highest BCUT2D eigenvalue weighted by molar-refractivity contribution is 6.32. The highest BCUT2D eigenvalue weighted by Crippen LogP contribution is 2.28. The van der Waals surface area contributed by atoms with E-state index < -0.39 is 0 Å². The molecule has 0 radical (unpaired) electrons. The lowest BCUT2D eigenvalue weighted by molar-refractivity contribution is 0.134. The first kappa shape index (κ1) is 12.4. The molecular weight excluding hydrogens is 242 g/mol. The summed E-state index contributed by atoms with van der Waals surface area (Å²) in [6.45, 7) is 2.19. The molecule has 1 aliphatic carbocycles. The summed E-state index contributed by atoms with van der Waals surface area (Å²) >= 11 is 5.94. The van der Waals surface area contributed by atoms with Gasteiger partial charge in [0.25, 0.3) is 0 Å². The summed E-state index contributed by atoms with van der Waals surface area (Å²) in [6, 6.07) is 0.302. The van der Waals surface area contributed by atoms with Crippen molar-refractivity contribution >= 4 is 17.4 Å². The van der Waals surface area contributed by atoms with Crippen LogP contribution in [0.15, 0.2) is 6.20 Å². The molecule has 6 heteroatoms. The number of aromatic nitrogens is 2. The average Bonchev–Trinajstić information content (AvgIpc) is 3.15. The quantitative estimate of drug-likeness (QED) is 0.757. The number of hydrogen-bond donors (Lipinski definition) is 1. The number of rotatable bonds is 7. The predicted octanol–water partition coefficient (Wildman–Crippen LogP) is 1.98. The number of nitrogens with zero attached hydrogens (tertiary/aromatic N) is 2. The van der Waals surface area contributed by atoms with Crippen LogP contribution in [0.5, 0.6) is 6.01 Å². The Hall–Kier alpha value is -1.07. The standard InChI is InChI=1S/C11H16ClN3O2/c1-16-11-14-6-9(12)10(15-11)13-4-5-17-7-8-2-3-8/h6,8H,2-5,7H2,1H3,(H,13,14,15). The van der Waals surface area contributed by atoms with E-state index in [2.05, 4.69) is 15.3 Å². The van der Waals surface area contributed by atoms with Crippen molar-refractivity contribution in [1.29, 1.82) is 0 Å². The summed E-state index contributed by atoms with van der Waals surface area (Å²) in [7, 11) is 1.52. The van der Waals surface area contributed by atoms with Crippen molar-refractivity contribution in [2.75, 3.05) is 32.2 Å². The second-order valence-corrected chi connectivity index (χ2v) is 4.41. The van der Waals surface area contributed by atoms with Crippen molar-refractivity contribution in [3.05, 3.63) is 11.2 Å². The van der Waals surface area contributed by atoms with E-state index in [1.54, 1.807) is 0 Å². The van der Waals surface area contributed by atoms with E-state index in [-0.39, 0.29) is 0 Å². The molecule has 0 aromatic carbocycles. The Kier molecular flexibility index (Phi) is 4.39. The van der Waals surface area contributed by atoms with Gasteiger partial charge in [0.15, 0.2) is 5.82 Å². The summed E-state index contributed by atoms with van der Waals surface area (Å²) in [4.78, 5) is 8.00. The predicted molar refractivity (Wildman–Crippen MR) is 65.6 cm³/mol. The lowest BCUT2D eigenvalue weighted by Crippen LogP contribution is -2.12. The number of methoxy groups -OCH3 is 1. The molecule has 0 unspecified atom stereocenters. The zero-order valence-electron chi connectivity index (χ0n) is 9.78. The van der Waals surface area contributed by atoms with Gasteiger partial charge in [0.05, 0.1) is 19.9 Å². The van der Waals surface area contributed by atoms with Crippen LogP contribution >= 0.6 is 11.6 Å². The minimum atomic E-state index is 0.302. The molecule has 0 saturated heterocycles. The fourth-order valence-electron chi connectivity index (χ4n) is 1.35. The van der Waals surface area contributed by atoms with E-state index >= 15 is 0 Å². The first-order valence-corrected chi connectivity index (χ1v) is 6.05. The maximum Gasteiger partial charge on any atom is 0.318 e. The van der Waals surface area contributed by atoms with Crippen LogP contribution in [0.1, 0.15) is 12.8 Å². The topological polar surface area (TPSA) is 56.3 Å². The Morgan fingerprint density at radius 3 is 3.06 bits per heavy atom. The molecule has 94 valence electrons. The molecule has 1 aromatic heterocycles. The van der Waals surface area contributed by atoms with Crippen LogP contribution in [0.4, 0.5) is 5.82 Å². The molecule has 0 bridgehead atoms. The van der Waals surface area contributed by atoms with Crippen molar-refractivity contribution in [3.63, 3.8) is 0 Å². The molecule has 5 nitrogen and oxygen atoms in total. The monoisotopic (exact) mass is 257 g/mol. The van der Waals surface area contributed by atoms with Gasteiger partial charge in [-0.25, -0.2) is 4.98 Å². The van der Waals surface area contributed by atoms with Crippen LogP contribution in [0.3, 0.4) is 0 Å². The second-order valence-electron chi connectivity index (χ2n) is 4.00. The van der Waals surface area contributed by atoms with Gasteiger partial charge in [-0.2, -0.15) is 4.98 Å². The highest BCUT2D eigenvalue weighted by atomic mass is 35.5. The molecule has 17 heavy (non-hydrogen) atoms. The Morgan fingerprint density at radius 1 is 1.53 bits per heavy atom. The van der Waals surface area contributed by atoms with E-state index in [0.717, 1.165) is 12.5 Å². The van der Waals surface area contributed by atoms with E-state index in [1.807, 2.05) is 0 Å². The molecule has 0 spiro atoms. The summed E-state index contributed by atoms with van der Waals surface area (Å²) in [5, 5.41) is 3.57. The molecule has 1 fully saturated rings. The molecule has 1 aliphatic rings. The Labute approximate surface area is 105 Å². The van der Waals surface area contributed by atoms with Crippen molar-refractivity contribution in [2.45, 2.75) is 12.8 Å². The SMILES string of the molecule is COc1ncc(Cl)c(NCCOCC2CC2)n1. The van der Waals surface area contributed by atoms with Gasteiger partial charge >= 0.3 is 6.01 Å². The van der Waals surface area contributed by atoms with Crippen LogP contribution in [0, 0.1) is 5.92 Å². The normalized spacial score (nSPS) is 14.7. The molecule has 2 rings (SSSR count). The fourth-order valence-corrected chi connectivity index (χ4v) is 1.51. The van der Waals surface area contributed by atoms with Gasteiger partial charge in [-0.15, -0.1) is 0 Å². The first-order valence-electron chi connectivity index (χ1n) is 5.67. The maximum atomic E-state index is 5.94. The molecule has 0 atom stereocenters. The third-order valence-corrected chi connectivity index (χ3v) is 2.77. The smallest absolute Gasteiger partial charge is 0.318 e. The molecule has 0 aliphatic heterocycles. The Balaban J connectivity index is 1.72. The lowest BCUT2D eigenvalue weighted by atomic mass is 10.5. The number of hydrogen-bond acceptors (Lipinski definition) is 5. The lowest BCUT2D eigenvalue weighted by Gasteiger charge is -2.08. The molecule has 1 aromatic rings. The summed E-state index contributed by atoms with van der Waals surface area (Å²) in [5.74, 6) is 1.37. The van der Waals surface area contributed by atoms with Crippen molar-refractivity contribution < 1.29 is 9.47 Å². The second kappa shape index (κ2) is 6.02. The third kappa shape index (κ3) is 4.02.